The summed E-state index contributed by atoms with van der Waals surface area (Å²) in [4.78, 5) is 13.6. The highest BCUT2D eigenvalue weighted by Crippen LogP contribution is 2.41. The molecule has 0 saturated heterocycles. The number of carbonyl (C=O) groups is 1. The lowest BCUT2D eigenvalue weighted by molar-refractivity contribution is -0.144. The Morgan fingerprint density at radius 1 is 0.346 bits per heavy atom. The molecule has 0 radical (unpaired) electrons. The van der Waals surface area contributed by atoms with E-state index in [4.69, 9.17) is 0 Å². The van der Waals surface area contributed by atoms with E-state index in [0.29, 0.717) is 5.75 Å². The molecule has 0 amide bonds. The Morgan fingerprint density at radius 2 is 0.603 bits per heavy atom. The Morgan fingerprint density at radius 3 is 0.885 bits per heavy atom. The van der Waals surface area contributed by atoms with E-state index >= 15 is 0 Å². The zero-order valence-electron chi connectivity index (χ0n) is 38.5. The number of alkyl halides is 24. The smallest absolute Gasteiger partial charge is 0.289 e. The van der Waals surface area contributed by atoms with Gasteiger partial charge in [-0.1, -0.05) is 109 Å². The first-order valence-electron chi connectivity index (χ1n) is 21.6. The van der Waals surface area contributed by atoms with Crippen molar-refractivity contribution in [3.05, 3.63) is 196 Å². The zero-order valence-corrected chi connectivity index (χ0v) is 39.3. The molecule has 0 aliphatic rings. The first kappa shape index (κ1) is 60.4. The highest BCUT2D eigenvalue weighted by Gasteiger charge is 2.47. The maximum atomic E-state index is 14.2. The normalized spacial score (nSPS) is 13.8. The highest BCUT2D eigenvalue weighted by molar-refractivity contribution is 7.97. The van der Waals surface area contributed by atoms with Crippen LogP contribution in [-0.2, 0) is 60.3 Å². The van der Waals surface area contributed by atoms with Crippen molar-refractivity contribution in [3.8, 4) is 0 Å². The molecular weight excluding hydrogens is 1130 g/mol. The molecule has 1 unspecified atom stereocenters. The molecule has 7 aromatic carbocycles. The van der Waals surface area contributed by atoms with Crippen LogP contribution >= 0.6 is 0 Å². The van der Waals surface area contributed by atoms with Crippen molar-refractivity contribution in [2.75, 3.05) is 12.0 Å². The number of ketones is 1. The van der Waals surface area contributed by atoms with Gasteiger partial charge in [0.2, 0.25) is 5.78 Å². The average molecular weight is 1160 g/mol. The van der Waals surface area contributed by atoms with E-state index in [9.17, 15) is 110 Å². The van der Waals surface area contributed by atoms with E-state index in [1.54, 1.807) is 0 Å². The third kappa shape index (κ3) is 13.5. The summed E-state index contributed by atoms with van der Waals surface area (Å²) < 4.78 is 341. The van der Waals surface area contributed by atoms with Crippen molar-refractivity contribution in [1.82, 2.24) is 0 Å². The predicted molar refractivity (Wildman–Crippen MR) is 241 cm³/mol. The fourth-order valence-corrected chi connectivity index (χ4v) is 10.1. The molecule has 0 aromatic heterocycles. The predicted octanol–water partition coefficient (Wildman–Crippen LogP) is 15.5. The van der Waals surface area contributed by atoms with Gasteiger partial charge in [-0.3, -0.25) is 4.79 Å². The third-order valence-corrected chi connectivity index (χ3v) is 13.8. The second kappa shape index (κ2) is 21.1. The van der Waals surface area contributed by atoms with Gasteiger partial charge in [0.25, 0.3) is 0 Å². The number of carbonyl (C=O) groups excluding carboxylic acids is 1. The van der Waals surface area contributed by atoms with E-state index in [-0.39, 0.29) is 16.7 Å². The molecule has 27 heteroatoms. The van der Waals surface area contributed by atoms with Crippen LogP contribution in [0, 0.1) is 0 Å². The summed E-state index contributed by atoms with van der Waals surface area (Å²) in [6, 6.07) is 15.5. The first-order chi connectivity index (χ1) is 35.5. The van der Waals surface area contributed by atoms with Crippen LogP contribution in [0.25, 0.3) is 10.8 Å². The maximum Gasteiger partial charge on any atom is 0.416 e. The summed E-state index contributed by atoms with van der Waals surface area (Å²) in [5.74, 6) is 0.784. The van der Waals surface area contributed by atoms with Crippen LogP contribution in [0.3, 0.4) is 0 Å². The molecule has 0 spiro atoms. The molecule has 416 valence electrons. The minimum absolute atomic E-state index is 0.0881. The monoisotopic (exact) mass is 1160 g/mol. The molecule has 0 fully saturated rings. The van der Waals surface area contributed by atoms with Crippen molar-refractivity contribution in [1.29, 1.82) is 0 Å². The number of hydrogen-bond donors (Lipinski definition) is 0. The van der Waals surface area contributed by atoms with E-state index in [2.05, 4.69) is 48.7 Å². The first-order valence-corrected chi connectivity index (χ1v) is 23.4. The quantitative estimate of drug-likeness (QED) is 0.0641. The summed E-state index contributed by atoms with van der Waals surface area (Å²) in [6.07, 6.45) is -52.7. The lowest BCUT2D eigenvalue weighted by Crippen LogP contribution is -2.75. The van der Waals surface area contributed by atoms with E-state index < -0.39 is 195 Å². The Balaban J connectivity index is 0.000000387. The van der Waals surface area contributed by atoms with Crippen LogP contribution in [0.15, 0.2) is 150 Å². The molecule has 0 bridgehead atoms. The Hall–Kier alpha value is -6.80. The van der Waals surface area contributed by atoms with E-state index in [1.807, 2.05) is 30.3 Å². The van der Waals surface area contributed by atoms with Gasteiger partial charge in [0.15, 0.2) is 10.6 Å². The topological polar surface area (TPSA) is 17.1 Å². The third-order valence-electron chi connectivity index (χ3n) is 12.0. The lowest BCUT2D eigenvalue weighted by Gasteiger charge is -2.46. The molecule has 0 saturated carbocycles. The summed E-state index contributed by atoms with van der Waals surface area (Å²) in [6.45, 7) is 0. The van der Waals surface area contributed by atoms with Gasteiger partial charge in [0.05, 0.1) is 44.5 Å². The van der Waals surface area contributed by atoms with Crippen molar-refractivity contribution in [3.63, 3.8) is 0 Å². The van der Waals surface area contributed by atoms with Crippen LogP contribution in [0.2, 0.25) is 0 Å². The largest absolute Gasteiger partial charge is 0.416 e. The van der Waals surface area contributed by atoms with Crippen molar-refractivity contribution in [2.45, 2.75) is 54.3 Å². The Kier molecular flexibility index (Phi) is 16.4. The molecule has 0 aliphatic heterocycles. The van der Waals surface area contributed by atoms with Crippen LogP contribution in [-0.4, -0.2) is 23.9 Å². The van der Waals surface area contributed by atoms with Crippen LogP contribution in [0.4, 0.5) is 105 Å². The van der Waals surface area contributed by atoms with Crippen molar-refractivity contribution < 1.29 is 110 Å². The van der Waals surface area contributed by atoms with Gasteiger partial charge in [0, 0.05) is 21.8 Å². The molecule has 1 atom stereocenters. The second-order valence-corrected chi connectivity index (χ2v) is 19.3. The average Bonchev–Trinajstić information content (AvgIpc) is 3.33. The SMILES string of the molecule is C[S+](CC(=O)c1ccccc1)c1cccc2ccccc12.FC(F)(F)c1cc([B-](c2cc(C(F)(F)F)cc(C(F)(F)F)c2)(c2cc(C(F)(F)F)cc(C(F)(F)F)c2)c2cc(C(F)(F)F)cc(C(F)(F)F)c2)cc(C(F)(F)F)c1. The molecule has 7 aromatic rings. The van der Waals surface area contributed by atoms with Gasteiger partial charge < -0.3 is 0 Å². The minimum Gasteiger partial charge on any atom is -0.289 e. The second-order valence-electron chi connectivity index (χ2n) is 17.3. The van der Waals surface area contributed by atoms with Crippen molar-refractivity contribution >= 4 is 55.4 Å². The molecule has 0 heterocycles. The number of benzene rings is 7. The van der Waals surface area contributed by atoms with E-state index in [0.717, 1.165) is 5.56 Å². The Bertz CT molecular complexity index is 2860. The summed E-state index contributed by atoms with van der Waals surface area (Å²) in [5, 5.41) is 2.49. The van der Waals surface area contributed by atoms with Gasteiger partial charge in [-0.15, -0.1) is 0 Å². The van der Waals surface area contributed by atoms with Crippen molar-refractivity contribution in [2.24, 2.45) is 0 Å². The standard InChI is InChI=1S/C32H12BF24.C19H17OS/c34-25(35,36)13-1-14(26(37,38)39)6-21(5-13)33(22-7-15(27(40,41)42)2-16(8-22)28(43,44)45,23-9-17(29(46,47)48)3-18(10-23)30(49,50)51)24-11-19(31(52,53)54)4-20(12-24)32(55,56)57;1-21(14-18(20)16-9-3-2-4-10-16)19-13-7-11-15-8-5-6-12-17(15)19/h1-12H;2-13H,14H2,1H3/q-1;+1. The number of halogens is 24. The van der Waals surface area contributed by atoms with Gasteiger partial charge in [0.1, 0.15) is 12.4 Å². The van der Waals surface area contributed by atoms with Crippen LogP contribution in [0.5, 0.6) is 0 Å². The zero-order chi connectivity index (χ0) is 58.6. The van der Waals surface area contributed by atoms with E-state index in [1.165, 1.54) is 15.7 Å². The Labute approximate surface area is 426 Å². The van der Waals surface area contributed by atoms with Crippen LogP contribution < -0.4 is 21.9 Å². The number of rotatable bonds is 8. The molecule has 1 nitrogen and oxygen atoms in total. The minimum atomic E-state index is -6.13. The summed E-state index contributed by atoms with van der Waals surface area (Å²) in [5.41, 5.74) is -29.4. The summed E-state index contributed by atoms with van der Waals surface area (Å²) >= 11 is 0. The number of Topliss-reactive ketones (excluding diaryl/α,β-unsaturated/α-hetero) is 1. The fraction of sp³-hybridized carbons (Fsp3) is 0.196. The molecule has 0 N–H and O–H groups in total. The lowest BCUT2D eigenvalue weighted by atomic mass is 9.12. The summed E-state index contributed by atoms with van der Waals surface area (Å²) in [7, 11) is -0.0881. The highest BCUT2D eigenvalue weighted by atomic mass is 32.2. The van der Waals surface area contributed by atoms with Gasteiger partial charge >= 0.3 is 49.4 Å². The molecular formula is C51H29BF24OS. The molecule has 78 heavy (non-hydrogen) atoms. The molecule has 0 aliphatic carbocycles. The maximum absolute atomic E-state index is 14.2. The number of hydrogen-bond acceptors (Lipinski definition) is 1. The van der Waals surface area contributed by atoms with Gasteiger partial charge in [-0.05, 0) is 41.8 Å². The van der Waals surface area contributed by atoms with Crippen LogP contribution in [0.1, 0.15) is 54.9 Å². The molecule has 7 rings (SSSR count). The fourth-order valence-electron chi connectivity index (χ4n) is 8.55. The van der Waals surface area contributed by atoms with Gasteiger partial charge in [-0.25, -0.2) is 0 Å². The van der Waals surface area contributed by atoms with Gasteiger partial charge in [-0.2, -0.15) is 127 Å². The number of fused-ring (bicyclic) bond motifs is 1.